The molecule has 0 aliphatic rings. The molecule has 2 aromatic rings. The second-order valence-corrected chi connectivity index (χ2v) is 4.97. The van der Waals surface area contributed by atoms with Crippen LogP contribution in [-0.4, -0.2) is 17.2 Å². The number of nitrogens with one attached hydrogen (secondary N) is 1. The zero-order valence-corrected chi connectivity index (χ0v) is 12.4. The molecular weight excluding hydrogens is 296 g/mol. The minimum absolute atomic E-state index is 0.207. The molecule has 23 heavy (non-hydrogen) atoms. The van der Waals surface area contributed by atoms with Crippen molar-refractivity contribution in [3.63, 3.8) is 0 Å². The van der Waals surface area contributed by atoms with Crippen LogP contribution in [0.1, 0.15) is 22.7 Å². The van der Waals surface area contributed by atoms with E-state index in [1.165, 1.54) is 0 Å². The summed E-state index contributed by atoms with van der Waals surface area (Å²) < 4.78 is 5.10. The van der Waals surface area contributed by atoms with Gasteiger partial charge in [-0.05, 0) is 16.7 Å². The lowest BCUT2D eigenvalue weighted by Gasteiger charge is -2.09. The van der Waals surface area contributed by atoms with Gasteiger partial charge >= 0.3 is 12.1 Å². The molecule has 6 heteroatoms. The second kappa shape index (κ2) is 7.95. The van der Waals surface area contributed by atoms with E-state index in [0.717, 1.165) is 11.1 Å². The van der Waals surface area contributed by atoms with Crippen molar-refractivity contribution in [2.45, 2.75) is 19.2 Å². The van der Waals surface area contributed by atoms with Gasteiger partial charge in [-0.2, -0.15) is 0 Å². The normalized spacial score (nSPS) is 11.5. The van der Waals surface area contributed by atoms with Crippen LogP contribution in [0.2, 0.25) is 0 Å². The average Bonchev–Trinajstić information content (AvgIpc) is 2.58. The van der Waals surface area contributed by atoms with Crippen molar-refractivity contribution in [2.75, 3.05) is 0 Å². The Bertz CT molecular complexity index is 656. The number of alkyl carbamates (subject to hydrolysis) is 1. The van der Waals surface area contributed by atoms with E-state index in [1.807, 2.05) is 30.3 Å². The van der Waals surface area contributed by atoms with Crippen LogP contribution in [0.15, 0.2) is 54.6 Å². The van der Waals surface area contributed by atoms with Gasteiger partial charge in [0.25, 0.3) is 0 Å². The summed E-state index contributed by atoms with van der Waals surface area (Å²) in [5.74, 6) is -1.08. The fraction of sp³-hybridized carbons (Fsp3) is 0.176. The van der Waals surface area contributed by atoms with Crippen molar-refractivity contribution in [1.29, 1.82) is 0 Å². The van der Waals surface area contributed by atoms with Crippen LogP contribution in [0.5, 0.6) is 0 Å². The highest BCUT2D eigenvalue weighted by Gasteiger charge is 2.13. The van der Waals surface area contributed by atoms with Crippen LogP contribution in [-0.2, 0) is 22.7 Å². The first-order valence-electron chi connectivity index (χ1n) is 7.08. The van der Waals surface area contributed by atoms with Gasteiger partial charge in [0.2, 0.25) is 0 Å². The molecule has 0 heterocycles. The smallest absolute Gasteiger partial charge is 0.407 e. The zero-order valence-electron chi connectivity index (χ0n) is 12.4. The quantitative estimate of drug-likeness (QED) is 0.758. The van der Waals surface area contributed by atoms with Crippen molar-refractivity contribution in [1.82, 2.24) is 5.32 Å². The van der Waals surface area contributed by atoms with Gasteiger partial charge in [-0.3, -0.25) is 4.79 Å². The van der Waals surface area contributed by atoms with Crippen molar-refractivity contribution < 1.29 is 19.4 Å². The largest absolute Gasteiger partial charge is 0.480 e. The number of carboxylic acid groups (broad SMARTS) is 1. The average molecular weight is 314 g/mol. The summed E-state index contributed by atoms with van der Waals surface area (Å²) >= 11 is 0. The van der Waals surface area contributed by atoms with Crippen molar-refractivity contribution >= 4 is 12.1 Å². The highest BCUT2D eigenvalue weighted by atomic mass is 16.5. The zero-order chi connectivity index (χ0) is 16.7. The Morgan fingerprint density at radius 2 is 1.70 bits per heavy atom. The number of hydrogen-bond donors (Lipinski definition) is 3. The summed E-state index contributed by atoms with van der Waals surface area (Å²) in [7, 11) is 0. The van der Waals surface area contributed by atoms with Crippen LogP contribution in [0.3, 0.4) is 0 Å². The fourth-order valence-electron chi connectivity index (χ4n) is 1.93. The summed E-state index contributed by atoms with van der Waals surface area (Å²) in [6.45, 7) is 0.495. The maximum absolute atomic E-state index is 11.6. The minimum atomic E-state index is -1.08. The summed E-state index contributed by atoms with van der Waals surface area (Å²) in [6.07, 6.45) is -0.514. The summed E-state index contributed by atoms with van der Waals surface area (Å²) in [6, 6.07) is 15.0. The third-order valence-electron chi connectivity index (χ3n) is 3.25. The van der Waals surface area contributed by atoms with Gasteiger partial charge in [0.05, 0.1) is 0 Å². The van der Waals surface area contributed by atoms with E-state index in [0.29, 0.717) is 5.56 Å². The molecule has 2 rings (SSSR count). The molecule has 0 spiro atoms. The predicted octanol–water partition coefficient (Wildman–Crippen LogP) is 2.20. The highest BCUT2D eigenvalue weighted by Crippen LogP contribution is 2.12. The second-order valence-electron chi connectivity index (χ2n) is 4.97. The summed E-state index contributed by atoms with van der Waals surface area (Å²) in [4.78, 5) is 22.4. The van der Waals surface area contributed by atoms with Gasteiger partial charge < -0.3 is 20.9 Å². The van der Waals surface area contributed by atoms with E-state index in [2.05, 4.69) is 5.32 Å². The third kappa shape index (κ3) is 5.12. The fourth-order valence-corrected chi connectivity index (χ4v) is 1.93. The van der Waals surface area contributed by atoms with E-state index < -0.39 is 18.1 Å². The number of hydrogen-bond acceptors (Lipinski definition) is 4. The molecule has 0 saturated carbocycles. The van der Waals surface area contributed by atoms with E-state index >= 15 is 0 Å². The van der Waals surface area contributed by atoms with Gasteiger partial charge in [-0.15, -0.1) is 0 Å². The molecule has 0 saturated heterocycles. The first kappa shape index (κ1) is 16.5. The number of rotatable bonds is 6. The van der Waals surface area contributed by atoms with Crippen LogP contribution in [0.25, 0.3) is 0 Å². The molecule has 0 aromatic heterocycles. The Hall–Kier alpha value is -2.86. The van der Waals surface area contributed by atoms with Crippen LogP contribution >= 0.6 is 0 Å². The number of ether oxygens (including phenoxy) is 1. The molecule has 120 valence electrons. The molecule has 1 amide bonds. The van der Waals surface area contributed by atoms with Gasteiger partial charge in [0, 0.05) is 6.54 Å². The van der Waals surface area contributed by atoms with E-state index in [9.17, 15) is 9.59 Å². The van der Waals surface area contributed by atoms with Crippen molar-refractivity contribution in [3.8, 4) is 0 Å². The van der Waals surface area contributed by atoms with Crippen molar-refractivity contribution in [2.24, 2.45) is 5.73 Å². The first-order valence-corrected chi connectivity index (χ1v) is 7.08. The Balaban J connectivity index is 1.79. The lowest BCUT2D eigenvalue weighted by Crippen LogP contribution is -2.24. The molecule has 0 bridgehead atoms. The number of aliphatic carboxylic acids is 1. The maximum atomic E-state index is 11.6. The van der Waals surface area contributed by atoms with E-state index in [-0.39, 0.29) is 13.2 Å². The Kier molecular flexibility index (Phi) is 5.71. The monoisotopic (exact) mass is 314 g/mol. The van der Waals surface area contributed by atoms with Gasteiger partial charge in [-0.1, -0.05) is 54.6 Å². The van der Waals surface area contributed by atoms with E-state index in [1.54, 1.807) is 24.3 Å². The molecule has 1 unspecified atom stereocenters. The van der Waals surface area contributed by atoms with Gasteiger partial charge in [-0.25, -0.2) is 4.79 Å². The number of carbonyl (C=O) groups excluding carboxylic acids is 1. The standard InChI is InChI=1S/C17H18N2O4/c18-15(16(20)21)14-8-6-12(7-9-14)10-19-17(22)23-11-13-4-2-1-3-5-13/h1-9,15H,10-11,18H2,(H,19,22)(H,20,21). The first-order chi connectivity index (χ1) is 11.1. The highest BCUT2D eigenvalue weighted by molar-refractivity contribution is 5.75. The maximum Gasteiger partial charge on any atom is 0.407 e. The van der Waals surface area contributed by atoms with Crippen molar-refractivity contribution in [3.05, 3.63) is 71.3 Å². The molecule has 1 atom stereocenters. The topological polar surface area (TPSA) is 102 Å². The number of carbonyl (C=O) groups is 2. The Labute approximate surface area is 133 Å². The number of benzene rings is 2. The van der Waals surface area contributed by atoms with Gasteiger partial charge in [0.1, 0.15) is 12.6 Å². The molecular formula is C17H18N2O4. The number of amides is 1. The lowest BCUT2D eigenvalue weighted by atomic mass is 10.1. The van der Waals surface area contributed by atoms with Gasteiger partial charge in [0.15, 0.2) is 0 Å². The lowest BCUT2D eigenvalue weighted by molar-refractivity contribution is -0.138. The Morgan fingerprint density at radius 3 is 2.30 bits per heavy atom. The number of nitrogens with two attached hydrogens (primary N) is 1. The van der Waals surface area contributed by atoms with E-state index in [4.69, 9.17) is 15.6 Å². The molecule has 6 nitrogen and oxygen atoms in total. The minimum Gasteiger partial charge on any atom is -0.480 e. The SMILES string of the molecule is NC(C(=O)O)c1ccc(CNC(=O)OCc2ccccc2)cc1. The molecule has 0 aliphatic carbocycles. The molecule has 0 fully saturated rings. The summed E-state index contributed by atoms with van der Waals surface area (Å²) in [5.41, 5.74) is 7.76. The predicted molar refractivity (Wildman–Crippen MR) is 84.5 cm³/mol. The van der Waals surface area contributed by atoms with Crippen LogP contribution in [0.4, 0.5) is 4.79 Å². The third-order valence-corrected chi connectivity index (χ3v) is 3.25. The van der Waals surface area contributed by atoms with Crippen LogP contribution in [0, 0.1) is 0 Å². The molecule has 2 aromatic carbocycles. The number of carboxylic acids is 1. The molecule has 0 aliphatic heterocycles. The summed E-state index contributed by atoms with van der Waals surface area (Å²) in [5, 5.41) is 11.5. The van der Waals surface area contributed by atoms with Crippen LogP contribution < -0.4 is 11.1 Å². The Morgan fingerprint density at radius 1 is 1.04 bits per heavy atom. The molecule has 0 radical (unpaired) electrons. The molecule has 4 N–H and O–H groups in total.